The first-order valence-corrected chi connectivity index (χ1v) is 11.6. The summed E-state index contributed by atoms with van der Waals surface area (Å²) in [4.78, 5) is 22.5. The highest BCUT2D eigenvalue weighted by molar-refractivity contribution is 6.31. The number of carbonyl (C=O) groups is 1. The van der Waals surface area contributed by atoms with Gasteiger partial charge in [0.15, 0.2) is 5.83 Å². The molecule has 1 amide bonds. The lowest BCUT2D eigenvalue weighted by molar-refractivity contribution is -0.114. The highest BCUT2D eigenvalue weighted by atomic mass is 35.5. The summed E-state index contributed by atoms with van der Waals surface area (Å²) < 4.78 is 32.0. The number of anilines is 3. The van der Waals surface area contributed by atoms with Crippen molar-refractivity contribution in [2.75, 3.05) is 37.4 Å². The molecule has 35 heavy (non-hydrogen) atoms. The van der Waals surface area contributed by atoms with Gasteiger partial charge in [-0.3, -0.25) is 4.79 Å². The number of rotatable bonds is 6. The first-order chi connectivity index (χ1) is 16.8. The number of hydrogen-bond donors (Lipinski definition) is 2. The summed E-state index contributed by atoms with van der Waals surface area (Å²) >= 11 is 5.81. The summed E-state index contributed by atoms with van der Waals surface area (Å²) in [5.41, 5.74) is 1.25. The number of amides is 1. The predicted molar refractivity (Wildman–Crippen MR) is 136 cm³/mol. The van der Waals surface area contributed by atoms with Gasteiger partial charge in [0.05, 0.1) is 22.8 Å². The van der Waals surface area contributed by atoms with Crippen molar-refractivity contribution in [3.63, 3.8) is 0 Å². The zero-order valence-electron chi connectivity index (χ0n) is 19.7. The number of likely N-dealkylation sites (tertiary alicyclic amines) is 1. The molecule has 2 heterocycles. The molecule has 1 fully saturated rings. The van der Waals surface area contributed by atoms with E-state index >= 15 is 0 Å². The van der Waals surface area contributed by atoms with Gasteiger partial charge in [0.1, 0.15) is 23.7 Å². The van der Waals surface area contributed by atoms with Crippen LogP contribution in [0.5, 0.6) is 5.75 Å². The maximum atomic E-state index is 13.4. The smallest absolute Gasteiger partial charge is 0.283 e. The fourth-order valence-corrected chi connectivity index (χ4v) is 3.69. The molecule has 0 radical (unpaired) electrons. The van der Waals surface area contributed by atoms with Crippen LogP contribution < -0.4 is 15.4 Å². The molecule has 1 aliphatic heterocycles. The summed E-state index contributed by atoms with van der Waals surface area (Å²) in [5.74, 6) is -1.97. The minimum Gasteiger partial charge on any atom is -0.492 e. The van der Waals surface area contributed by atoms with Gasteiger partial charge in [-0.15, -0.1) is 0 Å². The molecule has 1 aromatic heterocycles. The Morgan fingerprint density at radius 3 is 2.54 bits per heavy atom. The van der Waals surface area contributed by atoms with E-state index in [1.54, 1.807) is 19.1 Å². The van der Waals surface area contributed by atoms with Crippen LogP contribution in [0.15, 0.2) is 49.1 Å². The first-order valence-electron chi connectivity index (χ1n) is 11.3. The Balaban J connectivity index is 0.000000420. The van der Waals surface area contributed by atoms with Crippen LogP contribution in [0.4, 0.5) is 26.0 Å². The third-order valence-corrected chi connectivity index (χ3v) is 5.58. The van der Waals surface area contributed by atoms with Gasteiger partial charge in [0, 0.05) is 17.1 Å². The van der Waals surface area contributed by atoms with Crippen LogP contribution in [0.1, 0.15) is 26.2 Å². The predicted octanol–water partition coefficient (Wildman–Crippen LogP) is 6.09. The molecule has 3 aromatic rings. The summed E-state index contributed by atoms with van der Waals surface area (Å²) in [5, 5.41) is 5.90. The van der Waals surface area contributed by atoms with E-state index in [9.17, 15) is 13.6 Å². The fourth-order valence-electron chi connectivity index (χ4n) is 3.51. The van der Waals surface area contributed by atoms with Crippen LogP contribution in [-0.4, -0.2) is 47.5 Å². The van der Waals surface area contributed by atoms with Crippen molar-refractivity contribution in [2.45, 2.75) is 26.2 Å². The standard InChI is InChI=1S/C19H15ClF2N4O2.C6H13N/c1-3-28-17-8-15-12(7-16(17)26-19(27)10(2)21)18(24-9-23-15)25-11-4-5-14(22)13(20)6-11;1-7-5-3-2-4-6-7/h4-9H,2-3H2,1H3,(H,26,27)(H,23,24,25);2-6H2,1H3. The molecular weight excluding hydrogens is 476 g/mol. The van der Waals surface area contributed by atoms with Gasteiger partial charge >= 0.3 is 0 Å². The van der Waals surface area contributed by atoms with E-state index < -0.39 is 17.6 Å². The van der Waals surface area contributed by atoms with E-state index in [1.165, 1.54) is 56.9 Å². The van der Waals surface area contributed by atoms with Gasteiger partial charge in [-0.2, -0.15) is 0 Å². The lowest BCUT2D eigenvalue weighted by atomic mass is 10.1. The van der Waals surface area contributed by atoms with Gasteiger partial charge in [0.2, 0.25) is 0 Å². The number of benzene rings is 2. The molecule has 0 spiro atoms. The Morgan fingerprint density at radius 2 is 1.94 bits per heavy atom. The van der Waals surface area contributed by atoms with Crippen molar-refractivity contribution >= 4 is 45.6 Å². The minimum absolute atomic E-state index is 0.0450. The molecule has 1 aliphatic rings. The maximum absolute atomic E-state index is 13.4. The monoisotopic (exact) mass is 503 g/mol. The molecule has 10 heteroatoms. The molecule has 2 aromatic carbocycles. The van der Waals surface area contributed by atoms with E-state index in [0.717, 1.165) is 0 Å². The van der Waals surface area contributed by atoms with E-state index in [-0.39, 0.29) is 10.7 Å². The van der Waals surface area contributed by atoms with Crippen molar-refractivity contribution in [3.8, 4) is 5.75 Å². The van der Waals surface area contributed by atoms with Crippen LogP contribution in [-0.2, 0) is 4.79 Å². The quantitative estimate of drug-likeness (QED) is 0.396. The Kier molecular flexibility index (Phi) is 9.33. The Hall–Kier alpha value is -3.30. The average Bonchev–Trinajstić information content (AvgIpc) is 2.83. The lowest BCUT2D eigenvalue weighted by Gasteiger charge is -2.20. The van der Waals surface area contributed by atoms with E-state index in [4.69, 9.17) is 16.3 Å². The molecule has 2 N–H and O–H groups in total. The van der Waals surface area contributed by atoms with Gasteiger partial charge in [-0.25, -0.2) is 18.7 Å². The van der Waals surface area contributed by atoms with Gasteiger partial charge in [-0.05, 0) is 64.2 Å². The van der Waals surface area contributed by atoms with Crippen LogP contribution in [0.25, 0.3) is 10.9 Å². The molecule has 0 unspecified atom stereocenters. The summed E-state index contributed by atoms with van der Waals surface area (Å²) in [6.45, 7) is 7.72. The largest absolute Gasteiger partial charge is 0.492 e. The number of halogens is 3. The van der Waals surface area contributed by atoms with Crippen LogP contribution in [0, 0.1) is 5.82 Å². The van der Waals surface area contributed by atoms with Crippen molar-refractivity contribution in [2.24, 2.45) is 0 Å². The van der Waals surface area contributed by atoms with Gasteiger partial charge < -0.3 is 20.3 Å². The lowest BCUT2D eigenvalue weighted by Crippen LogP contribution is -2.24. The Bertz CT molecular complexity index is 1200. The summed E-state index contributed by atoms with van der Waals surface area (Å²) in [6, 6.07) is 7.28. The fraction of sp³-hybridized carbons (Fsp3) is 0.320. The number of hydrogen-bond acceptors (Lipinski definition) is 6. The van der Waals surface area contributed by atoms with E-state index in [0.29, 0.717) is 34.8 Å². The van der Waals surface area contributed by atoms with Crippen molar-refractivity contribution < 1.29 is 18.3 Å². The number of aromatic nitrogens is 2. The SMILES string of the molecule is C=C(F)C(=O)Nc1cc2c(Nc3ccc(F)c(Cl)c3)ncnc2cc1OCC.CN1CCCCC1. The van der Waals surface area contributed by atoms with Crippen molar-refractivity contribution in [1.82, 2.24) is 14.9 Å². The number of ether oxygens (including phenoxy) is 1. The first kappa shape index (κ1) is 26.3. The van der Waals surface area contributed by atoms with Gasteiger partial charge in [-0.1, -0.05) is 24.6 Å². The van der Waals surface area contributed by atoms with Crippen LogP contribution in [0.3, 0.4) is 0 Å². The minimum atomic E-state index is -1.13. The molecule has 1 saturated heterocycles. The molecule has 4 rings (SSSR count). The molecular formula is C25H28ClF2N5O2. The van der Waals surface area contributed by atoms with E-state index in [1.807, 2.05) is 0 Å². The number of nitrogens with zero attached hydrogens (tertiary/aromatic N) is 3. The third kappa shape index (κ3) is 7.34. The van der Waals surface area contributed by atoms with Crippen LogP contribution >= 0.6 is 11.6 Å². The Labute approximate surface area is 208 Å². The summed E-state index contributed by atoms with van der Waals surface area (Å²) in [7, 11) is 2.19. The van der Waals surface area contributed by atoms with Crippen molar-refractivity contribution in [1.29, 1.82) is 0 Å². The number of piperidine rings is 1. The average molecular weight is 504 g/mol. The van der Waals surface area contributed by atoms with E-state index in [2.05, 4.69) is 39.1 Å². The molecule has 0 saturated carbocycles. The van der Waals surface area contributed by atoms with Crippen LogP contribution in [0.2, 0.25) is 5.02 Å². The highest BCUT2D eigenvalue weighted by Gasteiger charge is 2.15. The molecule has 186 valence electrons. The number of fused-ring (bicyclic) bond motifs is 1. The molecule has 0 aliphatic carbocycles. The molecule has 0 bridgehead atoms. The second-order valence-corrected chi connectivity index (χ2v) is 8.40. The normalized spacial score (nSPS) is 13.5. The molecule has 7 nitrogen and oxygen atoms in total. The number of nitrogens with one attached hydrogen (secondary N) is 2. The molecule has 0 atom stereocenters. The summed E-state index contributed by atoms with van der Waals surface area (Å²) in [6.07, 6.45) is 5.62. The Morgan fingerprint density at radius 1 is 1.20 bits per heavy atom. The third-order valence-electron chi connectivity index (χ3n) is 5.29. The highest BCUT2D eigenvalue weighted by Crippen LogP contribution is 2.34. The van der Waals surface area contributed by atoms with Crippen molar-refractivity contribution in [3.05, 3.63) is 59.9 Å². The second kappa shape index (κ2) is 12.4. The second-order valence-electron chi connectivity index (χ2n) is 8.00. The maximum Gasteiger partial charge on any atom is 0.283 e. The zero-order chi connectivity index (χ0) is 25.4. The van der Waals surface area contributed by atoms with Gasteiger partial charge in [0.25, 0.3) is 5.91 Å². The number of carbonyl (C=O) groups excluding carboxylic acids is 1. The topological polar surface area (TPSA) is 79.4 Å². The zero-order valence-corrected chi connectivity index (χ0v) is 20.5.